The molecule has 2 rings (SSSR count). The topological polar surface area (TPSA) is 161 Å². The Morgan fingerprint density at radius 3 is 2.25 bits per heavy atom. The SMILES string of the molecule is OC[C@@H]1O[C@@H](OC[C@@H]2O/C(=N\O)C(O)[C@@H]2O)C(O)[C@@H]1O. The summed E-state index contributed by atoms with van der Waals surface area (Å²) in [5, 5.41) is 58.3. The molecule has 2 saturated heterocycles. The molecule has 0 aromatic heterocycles. The molecule has 2 fully saturated rings. The lowest BCUT2D eigenvalue weighted by Gasteiger charge is -2.19. The molecule has 2 heterocycles. The molecule has 7 atom stereocenters. The summed E-state index contributed by atoms with van der Waals surface area (Å²) in [5.74, 6) is -0.438. The molecule has 0 bridgehead atoms. The van der Waals surface area contributed by atoms with E-state index in [0.717, 1.165) is 0 Å². The minimum Gasteiger partial charge on any atom is -0.468 e. The predicted molar refractivity (Wildman–Crippen MR) is 59.8 cm³/mol. The molecule has 2 aliphatic heterocycles. The third-order valence-corrected chi connectivity index (χ3v) is 3.25. The van der Waals surface area contributed by atoms with Gasteiger partial charge in [-0.2, -0.15) is 0 Å². The van der Waals surface area contributed by atoms with Crippen LogP contribution in [-0.2, 0) is 14.2 Å². The quantitative estimate of drug-likeness (QED) is 0.227. The van der Waals surface area contributed by atoms with Crippen molar-refractivity contribution in [3.8, 4) is 0 Å². The van der Waals surface area contributed by atoms with E-state index in [2.05, 4.69) is 5.16 Å². The Morgan fingerprint density at radius 1 is 1.05 bits per heavy atom. The van der Waals surface area contributed by atoms with Gasteiger partial charge in [-0.3, -0.25) is 0 Å². The van der Waals surface area contributed by atoms with Crippen LogP contribution >= 0.6 is 0 Å². The Bertz CT molecular complexity index is 365. The van der Waals surface area contributed by atoms with Crippen LogP contribution in [0.15, 0.2) is 5.16 Å². The van der Waals surface area contributed by atoms with Crippen molar-refractivity contribution in [1.82, 2.24) is 0 Å². The van der Waals surface area contributed by atoms with Crippen LogP contribution in [0.3, 0.4) is 0 Å². The second-order valence-electron chi connectivity index (χ2n) is 4.57. The first kappa shape index (κ1) is 15.4. The summed E-state index contributed by atoms with van der Waals surface area (Å²) < 4.78 is 15.1. The van der Waals surface area contributed by atoms with Crippen LogP contribution in [0.5, 0.6) is 0 Å². The van der Waals surface area contributed by atoms with Gasteiger partial charge in [-0.1, -0.05) is 5.16 Å². The highest BCUT2D eigenvalue weighted by Crippen LogP contribution is 2.24. The molecule has 0 aliphatic carbocycles. The van der Waals surface area contributed by atoms with Gasteiger partial charge in [0.2, 0.25) is 0 Å². The number of nitrogens with zero attached hydrogens (tertiary/aromatic N) is 1. The van der Waals surface area contributed by atoms with Crippen molar-refractivity contribution in [2.45, 2.75) is 42.9 Å². The monoisotopic (exact) mass is 295 g/mol. The van der Waals surface area contributed by atoms with Gasteiger partial charge in [0.15, 0.2) is 18.5 Å². The van der Waals surface area contributed by atoms with Gasteiger partial charge >= 0.3 is 0 Å². The van der Waals surface area contributed by atoms with Crippen molar-refractivity contribution >= 4 is 5.90 Å². The smallest absolute Gasteiger partial charge is 0.258 e. The molecule has 2 aliphatic rings. The fourth-order valence-corrected chi connectivity index (χ4v) is 2.05. The van der Waals surface area contributed by atoms with E-state index in [4.69, 9.17) is 24.5 Å². The van der Waals surface area contributed by atoms with E-state index in [1.165, 1.54) is 0 Å². The highest BCUT2D eigenvalue weighted by Gasteiger charge is 2.46. The number of hydrogen-bond acceptors (Lipinski definition) is 10. The van der Waals surface area contributed by atoms with Gasteiger partial charge < -0.3 is 45.0 Å². The van der Waals surface area contributed by atoms with Gasteiger partial charge in [0.05, 0.1) is 13.2 Å². The molecule has 10 heteroatoms. The van der Waals surface area contributed by atoms with Crippen molar-refractivity contribution in [3.05, 3.63) is 0 Å². The van der Waals surface area contributed by atoms with Crippen LogP contribution in [-0.4, -0.2) is 92.8 Å². The third kappa shape index (κ3) is 2.72. The first-order valence-corrected chi connectivity index (χ1v) is 5.98. The Balaban J connectivity index is 1.87. The maximum atomic E-state index is 9.62. The summed E-state index contributed by atoms with van der Waals surface area (Å²) in [4.78, 5) is 0. The summed E-state index contributed by atoms with van der Waals surface area (Å²) in [6, 6.07) is 0. The van der Waals surface area contributed by atoms with Crippen LogP contribution in [0.2, 0.25) is 0 Å². The molecule has 2 unspecified atom stereocenters. The van der Waals surface area contributed by atoms with Gasteiger partial charge in [0, 0.05) is 0 Å². The van der Waals surface area contributed by atoms with E-state index in [9.17, 15) is 20.4 Å². The van der Waals surface area contributed by atoms with E-state index < -0.39 is 55.4 Å². The molecule has 20 heavy (non-hydrogen) atoms. The van der Waals surface area contributed by atoms with Crippen LogP contribution in [0, 0.1) is 0 Å². The van der Waals surface area contributed by atoms with Crippen molar-refractivity contribution in [2.75, 3.05) is 13.2 Å². The van der Waals surface area contributed by atoms with Crippen LogP contribution in [0.4, 0.5) is 0 Å². The summed E-state index contributed by atoms with van der Waals surface area (Å²) in [6.07, 6.45) is -8.68. The number of aliphatic hydroxyl groups excluding tert-OH is 5. The molecule has 0 spiro atoms. The number of rotatable bonds is 4. The van der Waals surface area contributed by atoms with E-state index in [1.807, 2.05) is 0 Å². The van der Waals surface area contributed by atoms with E-state index in [1.54, 1.807) is 0 Å². The number of aliphatic hydroxyl groups is 5. The summed E-state index contributed by atoms with van der Waals surface area (Å²) >= 11 is 0. The third-order valence-electron chi connectivity index (χ3n) is 3.25. The highest BCUT2D eigenvalue weighted by atomic mass is 16.7. The lowest BCUT2D eigenvalue weighted by atomic mass is 10.1. The average Bonchev–Trinajstić information content (AvgIpc) is 2.88. The summed E-state index contributed by atoms with van der Waals surface area (Å²) in [7, 11) is 0. The summed E-state index contributed by atoms with van der Waals surface area (Å²) in [6.45, 7) is -0.773. The fraction of sp³-hybridized carbons (Fsp3) is 0.900. The average molecular weight is 295 g/mol. The Hall–Kier alpha value is -1.01. The molecule has 116 valence electrons. The molecule has 0 saturated carbocycles. The van der Waals surface area contributed by atoms with Crippen LogP contribution in [0.1, 0.15) is 0 Å². The first-order chi connectivity index (χ1) is 9.49. The van der Waals surface area contributed by atoms with Gasteiger partial charge in [0.25, 0.3) is 5.90 Å². The number of oxime groups is 1. The van der Waals surface area contributed by atoms with Gasteiger partial charge in [-0.15, -0.1) is 0 Å². The first-order valence-electron chi connectivity index (χ1n) is 5.98. The summed E-state index contributed by atoms with van der Waals surface area (Å²) in [5.41, 5.74) is 0. The van der Waals surface area contributed by atoms with Crippen LogP contribution < -0.4 is 0 Å². The fourth-order valence-electron chi connectivity index (χ4n) is 2.05. The van der Waals surface area contributed by atoms with Crippen molar-refractivity contribution in [3.63, 3.8) is 0 Å². The van der Waals surface area contributed by atoms with E-state index in [0.29, 0.717) is 0 Å². The zero-order valence-electron chi connectivity index (χ0n) is 10.3. The normalized spacial score (nSPS) is 46.9. The largest absolute Gasteiger partial charge is 0.468 e. The zero-order valence-corrected chi connectivity index (χ0v) is 10.3. The Kier molecular flexibility index (Phi) is 4.75. The van der Waals surface area contributed by atoms with E-state index in [-0.39, 0.29) is 6.61 Å². The molecule has 0 amide bonds. The van der Waals surface area contributed by atoms with Crippen molar-refractivity contribution < 1.29 is 45.0 Å². The second-order valence-corrected chi connectivity index (χ2v) is 4.57. The molecule has 0 aromatic carbocycles. The minimum absolute atomic E-state index is 0.288. The Morgan fingerprint density at radius 2 is 1.75 bits per heavy atom. The minimum atomic E-state index is -1.47. The molecule has 0 aromatic rings. The molecule has 6 N–H and O–H groups in total. The lowest BCUT2D eigenvalue weighted by Crippen LogP contribution is -2.38. The molecule has 10 nitrogen and oxygen atoms in total. The van der Waals surface area contributed by atoms with Crippen molar-refractivity contribution in [1.29, 1.82) is 0 Å². The maximum absolute atomic E-state index is 9.62. The molecular formula is C10H17NO9. The standard InChI is InChI=1S/C10H17NO9/c12-1-3-5(13)8(16)10(20-3)18-2-4-6(14)7(15)9(11-17)19-4/h3-8,10,12-17H,1-2H2/b11-9-/t3-,4-,5+,6+,7?,8?,10+/m0/s1. The number of ether oxygens (including phenoxy) is 3. The van der Waals surface area contributed by atoms with Gasteiger partial charge in [0.1, 0.15) is 24.4 Å². The van der Waals surface area contributed by atoms with Gasteiger partial charge in [-0.05, 0) is 0 Å². The predicted octanol–water partition coefficient (Wildman–Crippen LogP) is -3.65. The molecular weight excluding hydrogens is 278 g/mol. The van der Waals surface area contributed by atoms with E-state index >= 15 is 0 Å². The lowest BCUT2D eigenvalue weighted by molar-refractivity contribution is -0.184. The number of hydrogen-bond donors (Lipinski definition) is 6. The zero-order chi connectivity index (χ0) is 14.9. The van der Waals surface area contributed by atoms with Gasteiger partial charge in [-0.25, -0.2) is 0 Å². The van der Waals surface area contributed by atoms with Crippen LogP contribution in [0.25, 0.3) is 0 Å². The maximum Gasteiger partial charge on any atom is 0.258 e. The van der Waals surface area contributed by atoms with Crippen molar-refractivity contribution in [2.24, 2.45) is 5.16 Å². The molecule has 0 radical (unpaired) electrons. The highest BCUT2D eigenvalue weighted by molar-refractivity contribution is 5.83. The second kappa shape index (κ2) is 6.18. The Labute approximate surface area is 113 Å².